The first kappa shape index (κ1) is 6.42. The van der Waals surface area contributed by atoms with Crippen molar-refractivity contribution in [3.05, 3.63) is 0 Å². The van der Waals surface area contributed by atoms with Gasteiger partial charge in [0.2, 0.25) is 0 Å². The molecule has 7 heavy (non-hydrogen) atoms. The third-order valence-electron chi connectivity index (χ3n) is 0.252. The minimum atomic E-state index is -3.23. The number of nitrogens with two attached hydrogens (primary N) is 1. The Morgan fingerprint density at radius 3 is 2.14 bits per heavy atom. The topological polar surface area (TPSA) is 72.5 Å². The van der Waals surface area contributed by atoms with Crippen LogP contribution in [-0.4, -0.2) is 21.0 Å². The van der Waals surface area contributed by atoms with E-state index in [2.05, 4.69) is 10.1 Å². The predicted octanol–water partition coefficient (Wildman–Crippen LogP) is -1.07. The van der Waals surface area contributed by atoms with Crippen molar-refractivity contribution in [2.24, 2.45) is 10.1 Å². The van der Waals surface area contributed by atoms with Crippen molar-refractivity contribution >= 4 is 16.4 Å². The average molecular weight is 122 g/mol. The molecule has 2 N–H and O–H groups in total. The molecule has 0 radical (unpaired) electrons. The summed E-state index contributed by atoms with van der Waals surface area (Å²) in [7, 11) is -3.23. The van der Waals surface area contributed by atoms with E-state index >= 15 is 0 Å². The van der Waals surface area contributed by atoms with Gasteiger partial charge >= 0.3 is 0 Å². The largest absolute Gasteiger partial charge is 0.389 e. The van der Waals surface area contributed by atoms with Gasteiger partial charge in [0, 0.05) is 0 Å². The van der Waals surface area contributed by atoms with Crippen molar-refractivity contribution in [1.82, 2.24) is 0 Å². The van der Waals surface area contributed by atoms with Crippen LogP contribution in [0, 0.1) is 0 Å². The van der Waals surface area contributed by atoms with E-state index in [9.17, 15) is 8.42 Å². The Balaban J connectivity index is 4.13. The van der Waals surface area contributed by atoms with Gasteiger partial charge in [-0.25, -0.2) is 8.42 Å². The zero-order chi connectivity index (χ0) is 5.91. The van der Waals surface area contributed by atoms with Crippen LogP contribution < -0.4 is 5.73 Å². The highest BCUT2D eigenvalue weighted by molar-refractivity contribution is 7.89. The molecular weight excluding hydrogens is 116 g/mol. The molecule has 0 aromatic heterocycles. The Kier molecular flexibility index (Phi) is 1.76. The lowest BCUT2D eigenvalue weighted by Crippen LogP contribution is -1.95. The quantitative estimate of drug-likeness (QED) is 0.355. The van der Waals surface area contributed by atoms with Gasteiger partial charge in [-0.2, -0.15) is 4.40 Å². The summed E-state index contributed by atoms with van der Waals surface area (Å²) < 4.78 is 22.8. The standard InChI is InChI=1S/C2H6N2O2S/c1-7(5,6)4-2-3/h2H,1H3,(H2,3,4). The van der Waals surface area contributed by atoms with E-state index in [1.54, 1.807) is 0 Å². The first-order valence-corrected chi connectivity index (χ1v) is 3.36. The summed E-state index contributed by atoms with van der Waals surface area (Å²) in [5, 5.41) is 0. The van der Waals surface area contributed by atoms with Gasteiger partial charge in [-0.05, 0) is 0 Å². The molecule has 0 bridgehead atoms. The van der Waals surface area contributed by atoms with Crippen molar-refractivity contribution < 1.29 is 8.42 Å². The second-order valence-electron chi connectivity index (χ2n) is 0.988. The Morgan fingerprint density at radius 1 is 1.71 bits per heavy atom. The fraction of sp³-hybridized carbons (Fsp3) is 0.500. The number of hydrogen-bond acceptors (Lipinski definition) is 2. The zero-order valence-electron chi connectivity index (χ0n) is 3.83. The molecule has 0 aromatic carbocycles. The van der Waals surface area contributed by atoms with Crippen molar-refractivity contribution in [3.8, 4) is 0 Å². The number of hydrogen-bond donors (Lipinski definition) is 1. The van der Waals surface area contributed by atoms with Gasteiger partial charge in [0.25, 0.3) is 10.0 Å². The van der Waals surface area contributed by atoms with Gasteiger partial charge in [-0.1, -0.05) is 0 Å². The zero-order valence-corrected chi connectivity index (χ0v) is 4.64. The molecule has 0 rings (SSSR count). The van der Waals surface area contributed by atoms with Crippen LogP contribution in [0.1, 0.15) is 0 Å². The molecule has 5 heteroatoms. The summed E-state index contributed by atoms with van der Waals surface area (Å²) in [5.41, 5.74) is 4.64. The van der Waals surface area contributed by atoms with Crippen LogP contribution >= 0.6 is 0 Å². The van der Waals surface area contributed by atoms with E-state index in [1.807, 2.05) is 0 Å². The molecule has 0 saturated carbocycles. The second-order valence-corrected chi connectivity index (χ2v) is 2.66. The van der Waals surface area contributed by atoms with E-state index in [4.69, 9.17) is 0 Å². The molecule has 0 aliphatic carbocycles. The maximum atomic E-state index is 9.95. The smallest absolute Gasteiger partial charge is 0.251 e. The highest BCUT2D eigenvalue weighted by Gasteiger charge is 1.88. The molecule has 42 valence electrons. The normalized spacial score (nSPS) is 12.7. The van der Waals surface area contributed by atoms with Crippen LogP contribution in [0.5, 0.6) is 0 Å². The predicted molar refractivity (Wildman–Crippen MR) is 27.5 cm³/mol. The summed E-state index contributed by atoms with van der Waals surface area (Å²) in [6, 6.07) is 0. The van der Waals surface area contributed by atoms with Crippen molar-refractivity contribution in [2.45, 2.75) is 0 Å². The highest BCUT2D eigenvalue weighted by Crippen LogP contribution is 1.77. The molecule has 0 aliphatic rings. The summed E-state index contributed by atoms with van der Waals surface area (Å²) in [6.07, 6.45) is 1.71. The molecular formula is C2H6N2O2S. The van der Waals surface area contributed by atoms with Crippen molar-refractivity contribution in [3.63, 3.8) is 0 Å². The minimum absolute atomic E-state index is 0.745. The van der Waals surface area contributed by atoms with Crippen LogP contribution in [0.15, 0.2) is 4.40 Å². The Labute approximate surface area is 42.1 Å². The molecule has 0 saturated heterocycles. The third-order valence-corrected chi connectivity index (χ3v) is 0.757. The number of nitrogens with zero attached hydrogens (tertiary/aromatic N) is 1. The summed E-state index contributed by atoms with van der Waals surface area (Å²) in [6.45, 7) is 0. The van der Waals surface area contributed by atoms with Crippen molar-refractivity contribution in [2.75, 3.05) is 6.26 Å². The van der Waals surface area contributed by atoms with Crippen LogP contribution in [0.25, 0.3) is 0 Å². The molecule has 0 unspecified atom stereocenters. The van der Waals surface area contributed by atoms with Crippen LogP contribution in [0.4, 0.5) is 0 Å². The van der Waals surface area contributed by atoms with Crippen LogP contribution in [-0.2, 0) is 10.0 Å². The van der Waals surface area contributed by atoms with Gasteiger partial charge in [-0.15, -0.1) is 0 Å². The molecule has 0 amide bonds. The van der Waals surface area contributed by atoms with E-state index in [0.29, 0.717) is 0 Å². The van der Waals surface area contributed by atoms with Gasteiger partial charge in [0.15, 0.2) is 0 Å². The molecule has 0 aromatic rings. The van der Waals surface area contributed by atoms with Crippen LogP contribution in [0.3, 0.4) is 0 Å². The van der Waals surface area contributed by atoms with E-state index in [1.165, 1.54) is 0 Å². The summed E-state index contributed by atoms with van der Waals surface area (Å²) in [4.78, 5) is 0. The first-order chi connectivity index (χ1) is 3.06. The lowest BCUT2D eigenvalue weighted by Gasteiger charge is -1.77. The summed E-state index contributed by atoms with van der Waals surface area (Å²) >= 11 is 0. The first-order valence-electron chi connectivity index (χ1n) is 1.52. The minimum Gasteiger partial charge on any atom is -0.389 e. The SMILES string of the molecule is CS(=O)(=O)/N=C/N. The van der Waals surface area contributed by atoms with E-state index < -0.39 is 10.0 Å². The van der Waals surface area contributed by atoms with E-state index in [-0.39, 0.29) is 0 Å². The summed E-state index contributed by atoms with van der Waals surface area (Å²) in [5.74, 6) is 0. The van der Waals surface area contributed by atoms with Gasteiger partial charge < -0.3 is 5.73 Å². The lowest BCUT2D eigenvalue weighted by molar-refractivity contribution is 0.604. The number of rotatable bonds is 1. The molecule has 0 aliphatic heterocycles. The van der Waals surface area contributed by atoms with Gasteiger partial charge in [-0.3, -0.25) is 0 Å². The Bertz CT molecular complexity index is 157. The molecule has 0 heterocycles. The molecule has 0 spiro atoms. The lowest BCUT2D eigenvalue weighted by atomic mass is 11.4. The Hall–Kier alpha value is -0.580. The maximum absolute atomic E-state index is 9.95. The number of sulfonamides is 1. The molecule has 0 fully saturated rings. The Morgan fingerprint density at radius 2 is 2.14 bits per heavy atom. The average Bonchev–Trinajstić information content (AvgIpc) is 1.30. The van der Waals surface area contributed by atoms with Crippen molar-refractivity contribution in [1.29, 1.82) is 0 Å². The second kappa shape index (κ2) is 1.92. The molecule has 0 atom stereocenters. The third kappa shape index (κ3) is 5.42. The monoisotopic (exact) mass is 122 g/mol. The molecule has 4 nitrogen and oxygen atoms in total. The van der Waals surface area contributed by atoms with Gasteiger partial charge in [0.05, 0.1) is 12.6 Å². The van der Waals surface area contributed by atoms with Gasteiger partial charge in [0.1, 0.15) is 0 Å². The highest BCUT2D eigenvalue weighted by atomic mass is 32.2. The van der Waals surface area contributed by atoms with E-state index in [0.717, 1.165) is 12.6 Å². The maximum Gasteiger partial charge on any atom is 0.251 e. The fourth-order valence-electron chi connectivity index (χ4n) is 0.111. The van der Waals surface area contributed by atoms with Crippen LogP contribution in [0.2, 0.25) is 0 Å². The fourth-order valence-corrected chi connectivity index (χ4v) is 0.332.